The Hall–Kier alpha value is -2.60. The summed E-state index contributed by atoms with van der Waals surface area (Å²) >= 11 is 0. The highest BCUT2D eigenvalue weighted by atomic mass is 16.2. The molecule has 6 heteroatoms. The van der Waals surface area contributed by atoms with Crippen LogP contribution < -0.4 is 10.9 Å². The van der Waals surface area contributed by atoms with Gasteiger partial charge in [0.15, 0.2) is 0 Å². The first-order valence-electron chi connectivity index (χ1n) is 9.82. The van der Waals surface area contributed by atoms with E-state index in [1.165, 1.54) is 25.7 Å². The molecule has 4 rings (SSSR count). The number of carbonyl (C=O) groups excluding carboxylic acids is 1. The summed E-state index contributed by atoms with van der Waals surface area (Å²) in [5.41, 5.74) is 2.15. The van der Waals surface area contributed by atoms with E-state index in [1.807, 2.05) is 40.9 Å². The van der Waals surface area contributed by atoms with E-state index in [4.69, 9.17) is 0 Å². The molecule has 1 saturated heterocycles. The maximum atomic E-state index is 12.9. The molecule has 2 aromatic heterocycles. The Balaban J connectivity index is 1.48. The summed E-state index contributed by atoms with van der Waals surface area (Å²) in [4.78, 5) is 27.8. The van der Waals surface area contributed by atoms with Crippen molar-refractivity contribution in [3.05, 3.63) is 52.9 Å². The SMILES string of the molecule is O=C(Cn1c(=O)c2cccn2c2ccccc21)NCCN1CCCCCC1. The average Bonchev–Trinajstić information content (AvgIpc) is 3.04. The first-order chi connectivity index (χ1) is 13.2. The molecule has 0 aliphatic carbocycles. The third-order valence-electron chi connectivity index (χ3n) is 5.40. The predicted octanol–water partition coefficient (Wildman–Crippen LogP) is 2.25. The Kier molecular flexibility index (Phi) is 5.25. The number of benzene rings is 1. The van der Waals surface area contributed by atoms with Crippen LogP contribution in [0, 0.1) is 0 Å². The number of carbonyl (C=O) groups is 1. The molecule has 1 fully saturated rings. The van der Waals surface area contributed by atoms with E-state index in [1.54, 1.807) is 10.6 Å². The molecule has 1 aliphatic heterocycles. The minimum absolute atomic E-state index is 0.0427. The van der Waals surface area contributed by atoms with Crippen molar-refractivity contribution in [2.45, 2.75) is 32.2 Å². The number of rotatable bonds is 5. The molecule has 0 unspecified atom stereocenters. The fourth-order valence-electron chi connectivity index (χ4n) is 3.98. The number of hydrogen-bond donors (Lipinski definition) is 1. The van der Waals surface area contributed by atoms with Crippen LogP contribution in [0.25, 0.3) is 16.6 Å². The third kappa shape index (κ3) is 3.76. The lowest BCUT2D eigenvalue weighted by Crippen LogP contribution is -2.38. The topological polar surface area (TPSA) is 58.8 Å². The van der Waals surface area contributed by atoms with Crippen LogP contribution in [0.15, 0.2) is 47.4 Å². The van der Waals surface area contributed by atoms with Gasteiger partial charge in [-0.3, -0.25) is 14.2 Å². The molecule has 0 bridgehead atoms. The first kappa shape index (κ1) is 17.8. The molecule has 3 heterocycles. The lowest BCUT2D eigenvalue weighted by Gasteiger charge is -2.20. The number of fused-ring (bicyclic) bond motifs is 3. The summed E-state index contributed by atoms with van der Waals surface area (Å²) in [6, 6.07) is 11.3. The van der Waals surface area contributed by atoms with E-state index in [2.05, 4.69) is 10.2 Å². The summed E-state index contributed by atoms with van der Waals surface area (Å²) in [6.45, 7) is 3.77. The van der Waals surface area contributed by atoms with Crippen molar-refractivity contribution in [1.29, 1.82) is 0 Å². The van der Waals surface area contributed by atoms with E-state index < -0.39 is 0 Å². The number of hydrogen-bond acceptors (Lipinski definition) is 3. The molecule has 0 spiro atoms. The zero-order chi connectivity index (χ0) is 18.6. The largest absolute Gasteiger partial charge is 0.353 e. The highest BCUT2D eigenvalue weighted by molar-refractivity contribution is 5.82. The molecule has 0 atom stereocenters. The fraction of sp³-hybridized carbons (Fsp3) is 0.429. The van der Waals surface area contributed by atoms with Gasteiger partial charge in [-0.05, 0) is 50.2 Å². The second-order valence-electron chi connectivity index (χ2n) is 7.25. The van der Waals surface area contributed by atoms with Crippen LogP contribution >= 0.6 is 0 Å². The summed E-state index contributed by atoms with van der Waals surface area (Å²) in [6.07, 6.45) is 6.98. The minimum Gasteiger partial charge on any atom is -0.353 e. The average molecular weight is 366 g/mol. The fourth-order valence-corrected chi connectivity index (χ4v) is 3.98. The molecule has 0 radical (unpaired) electrons. The highest BCUT2D eigenvalue weighted by Crippen LogP contribution is 2.15. The monoisotopic (exact) mass is 366 g/mol. The van der Waals surface area contributed by atoms with Gasteiger partial charge >= 0.3 is 0 Å². The maximum absolute atomic E-state index is 12.9. The van der Waals surface area contributed by atoms with Crippen molar-refractivity contribution in [3.63, 3.8) is 0 Å². The lowest BCUT2D eigenvalue weighted by molar-refractivity contribution is -0.121. The Labute approximate surface area is 158 Å². The number of amides is 1. The van der Waals surface area contributed by atoms with Crippen molar-refractivity contribution < 1.29 is 4.79 Å². The van der Waals surface area contributed by atoms with E-state index in [9.17, 15) is 9.59 Å². The zero-order valence-corrected chi connectivity index (χ0v) is 15.6. The number of aromatic nitrogens is 2. The molecular formula is C21H26N4O2. The minimum atomic E-state index is -0.138. The summed E-state index contributed by atoms with van der Waals surface area (Å²) in [5.74, 6) is -0.118. The van der Waals surface area contributed by atoms with Gasteiger partial charge in [0.2, 0.25) is 5.91 Å². The molecule has 1 amide bonds. The number of nitrogens with one attached hydrogen (secondary N) is 1. The van der Waals surface area contributed by atoms with Crippen LogP contribution in [0.4, 0.5) is 0 Å². The second kappa shape index (κ2) is 7.96. The quantitative estimate of drug-likeness (QED) is 0.753. The van der Waals surface area contributed by atoms with Gasteiger partial charge in [0.25, 0.3) is 5.56 Å². The standard InChI is InChI=1S/C21H26N4O2/c26-20(22-11-15-23-12-5-1-2-6-13-23)16-25-18-9-4-3-8-17(18)24-14-7-10-19(24)21(25)27/h3-4,7-10,14H,1-2,5-6,11-13,15-16H2,(H,22,26). The first-order valence-corrected chi connectivity index (χ1v) is 9.82. The zero-order valence-electron chi connectivity index (χ0n) is 15.6. The van der Waals surface area contributed by atoms with Crippen LogP contribution in [-0.4, -0.2) is 46.0 Å². The van der Waals surface area contributed by atoms with E-state index in [0.29, 0.717) is 12.1 Å². The molecule has 142 valence electrons. The van der Waals surface area contributed by atoms with Gasteiger partial charge in [-0.15, -0.1) is 0 Å². The van der Waals surface area contributed by atoms with Crippen molar-refractivity contribution in [2.24, 2.45) is 0 Å². The van der Waals surface area contributed by atoms with Crippen LogP contribution in [0.5, 0.6) is 0 Å². The van der Waals surface area contributed by atoms with Gasteiger partial charge < -0.3 is 14.6 Å². The number of para-hydroxylation sites is 2. The van der Waals surface area contributed by atoms with Gasteiger partial charge in [-0.1, -0.05) is 25.0 Å². The molecular weight excluding hydrogens is 340 g/mol. The lowest BCUT2D eigenvalue weighted by atomic mass is 10.2. The molecule has 3 aromatic rings. The summed E-state index contributed by atoms with van der Waals surface area (Å²) in [7, 11) is 0. The van der Waals surface area contributed by atoms with Crippen molar-refractivity contribution in [3.8, 4) is 0 Å². The normalized spacial score (nSPS) is 15.9. The van der Waals surface area contributed by atoms with Gasteiger partial charge in [0.05, 0.1) is 11.0 Å². The molecule has 6 nitrogen and oxygen atoms in total. The van der Waals surface area contributed by atoms with E-state index in [0.717, 1.165) is 30.7 Å². The van der Waals surface area contributed by atoms with Crippen LogP contribution in [0.1, 0.15) is 25.7 Å². The van der Waals surface area contributed by atoms with Gasteiger partial charge in [-0.25, -0.2) is 0 Å². The molecule has 0 saturated carbocycles. The third-order valence-corrected chi connectivity index (χ3v) is 5.40. The van der Waals surface area contributed by atoms with Gasteiger partial charge in [0, 0.05) is 19.3 Å². The number of likely N-dealkylation sites (tertiary alicyclic amines) is 1. The van der Waals surface area contributed by atoms with Crippen LogP contribution in [-0.2, 0) is 11.3 Å². The summed E-state index contributed by atoms with van der Waals surface area (Å²) < 4.78 is 3.46. The molecule has 27 heavy (non-hydrogen) atoms. The van der Waals surface area contributed by atoms with Gasteiger partial charge in [0.1, 0.15) is 12.1 Å². The Morgan fingerprint density at radius 1 is 0.926 bits per heavy atom. The Morgan fingerprint density at radius 2 is 1.63 bits per heavy atom. The Bertz CT molecular complexity index is 996. The van der Waals surface area contributed by atoms with Crippen molar-refractivity contribution in [2.75, 3.05) is 26.2 Å². The van der Waals surface area contributed by atoms with E-state index >= 15 is 0 Å². The highest BCUT2D eigenvalue weighted by Gasteiger charge is 2.13. The molecule has 1 aromatic carbocycles. The van der Waals surface area contributed by atoms with Crippen LogP contribution in [0.3, 0.4) is 0 Å². The van der Waals surface area contributed by atoms with Gasteiger partial charge in [-0.2, -0.15) is 0 Å². The Morgan fingerprint density at radius 3 is 2.41 bits per heavy atom. The van der Waals surface area contributed by atoms with Crippen LogP contribution in [0.2, 0.25) is 0 Å². The van der Waals surface area contributed by atoms with Crippen molar-refractivity contribution >= 4 is 22.5 Å². The summed E-state index contributed by atoms with van der Waals surface area (Å²) in [5, 5.41) is 2.99. The smallest absolute Gasteiger partial charge is 0.275 e. The predicted molar refractivity (Wildman–Crippen MR) is 107 cm³/mol. The number of nitrogens with zero attached hydrogens (tertiary/aromatic N) is 3. The second-order valence-corrected chi connectivity index (χ2v) is 7.25. The van der Waals surface area contributed by atoms with Crippen molar-refractivity contribution in [1.82, 2.24) is 19.2 Å². The molecule has 1 N–H and O–H groups in total. The maximum Gasteiger partial charge on any atom is 0.275 e. The molecule has 1 aliphatic rings. The van der Waals surface area contributed by atoms with E-state index in [-0.39, 0.29) is 18.0 Å².